The molecule has 0 fully saturated rings. The van der Waals surface area contributed by atoms with Gasteiger partial charge >= 0.3 is 0 Å². The second-order valence-electron chi connectivity index (χ2n) is 5.30. The summed E-state index contributed by atoms with van der Waals surface area (Å²) in [5.41, 5.74) is 0.110. The van der Waals surface area contributed by atoms with Gasteiger partial charge < -0.3 is 10.4 Å². The summed E-state index contributed by atoms with van der Waals surface area (Å²) >= 11 is 0. The Morgan fingerprint density at radius 3 is 2.77 bits per heavy atom. The van der Waals surface area contributed by atoms with Crippen molar-refractivity contribution in [3.05, 3.63) is 60.4 Å². The minimum atomic E-state index is -1.23. The zero-order valence-electron chi connectivity index (χ0n) is 12.1. The number of fused-ring (bicyclic) bond motifs is 1. The van der Waals surface area contributed by atoms with Gasteiger partial charge in [-0.3, -0.25) is 4.79 Å². The highest BCUT2D eigenvalue weighted by Gasteiger charge is 2.26. The molecule has 0 aliphatic carbocycles. The van der Waals surface area contributed by atoms with Crippen molar-refractivity contribution < 1.29 is 9.90 Å². The quantitative estimate of drug-likeness (QED) is 0.771. The molecule has 2 heterocycles. The first-order valence-corrected chi connectivity index (χ1v) is 6.93. The van der Waals surface area contributed by atoms with E-state index in [1.54, 1.807) is 43.6 Å². The van der Waals surface area contributed by atoms with Crippen molar-refractivity contribution in [1.29, 1.82) is 0 Å². The van der Waals surface area contributed by atoms with Crippen LogP contribution in [0, 0.1) is 0 Å². The summed E-state index contributed by atoms with van der Waals surface area (Å²) in [4.78, 5) is 16.4. The van der Waals surface area contributed by atoms with Gasteiger partial charge in [0.1, 0.15) is 5.82 Å². The number of nitrogens with one attached hydrogen (secondary N) is 1. The highest BCUT2D eigenvalue weighted by molar-refractivity contribution is 5.90. The van der Waals surface area contributed by atoms with Gasteiger partial charge in [-0.05, 0) is 18.6 Å². The molecule has 1 amide bonds. The van der Waals surface area contributed by atoms with Crippen LogP contribution < -0.4 is 5.32 Å². The maximum atomic E-state index is 12.2. The maximum absolute atomic E-state index is 12.2. The van der Waals surface area contributed by atoms with Crippen LogP contribution in [0.3, 0.4) is 0 Å². The maximum Gasteiger partial charge on any atom is 0.228 e. The van der Waals surface area contributed by atoms with E-state index in [1.165, 1.54) is 4.52 Å². The molecule has 0 saturated carbocycles. The normalized spacial score (nSPS) is 13.7. The minimum absolute atomic E-state index is 0.0535. The van der Waals surface area contributed by atoms with E-state index in [-0.39, 0.29) is 12.3 Å². The van der Waals surface area contributed by atoms with E-state index in [0.717, 1.165) is 0 Å². The lowest BCUT2D eigenvalue weighted by Crippen LogP contribution is -2.29. The molecule has 0 aliphatic heterocycles. The first-order chi connectivity index (χ1) is 10.6. The summed E-state index contributed by atoms with van der Waals surface area (Å²) in [7, 11) is 0. The third-order valence-electron chi connectivity index (χ3n) is 3.46. The number of anilines is 1. The van der Waals surface area contributed by atoms with Crippen LogP contribution in [0.5, 0.6) is 0 Å². The molecule has 3 aromatic rings. The topological polar surface area (TPSA) is 79.5 Å². The molecule has 0 bridgehead atoms. The molecule has 1 aromatic carbocycles. The van der Waals surface area contributed by atoms with Crippen molar-refractivity contribution in [2.75, 3.05) is 5.32 Å². The van der Waals surface area contributed by atoms with Gasteiger partial charge in [-0.2, -0.15) is 9.61 Å². The van der Waals surface area contributed by atoms with Crippen molar-refractivity contribution >= 4 is 17.4 Å². The van der Waals surface area contributed by atoms with Crippen molar-refractivity contribution in [3.63, 3.8) is 0 Å². The highest BCUT2D eigenvalue weighted by atomic mass is 16.3. The molecule has 2 N–H and O–H groups in total. The van der Waals surface area contributed by atoms with Crippen molar-refractivity contribution in [1.82, 2.24) is 14.6 Å². The molecular formula is C16H16N4O2. The lowest BCUT2D eigenvalue weighted by molar-refractivity contribution is -0.120. The van der Waals surface area contributed by atoms with Gasteiger partial charge in [-0.25, -0.2) is 4.98 Å². The molecule has 1 atom stereocenters. The minimum Gasteiger partial charge on any atom is -0.385 e. The Kier molecular flexibility index (Phi) is 3.60. The summed E-state index contributed by atoms with van der Waals surface area (Å²) < 4.78 is 1.54. The highest BCUT2D eigenvalue weighted by Crippen LogP contribution is 2.24. The Bertz CT molecular complexity index is 796. The number of aliphatic hydroxyl groups is 1. The molecule has 0 spiro atoms. The zero-order valence-corrected chi connectivity index (χ0v) is 12.1. The first kappa shape index (κ1) is 14.2. The van der Waals surface area contributed by atoms with Crippen molar-refractivity contribution in [3.8, 4) is 0 Å². The SMILES string of the molecule is CC(O)(CC(=O)Nc1ccnc2ccnn12)c1ccccc1. The predicted molar refractivity (Wildman–Crippen MR) is 82.2 cm³/mol. The molecule has 112 valence electrons. The number of carbonyl (C=O) groups excluding carboxylic acids is 1. The third-order valence-corrected chi connectivity index (χ3v) is 3.46. The molecule has 2 aromatic heterocycles. The second kappa shape index (κ2) is 5.57. The van der Waals surface area contributed by atoms with Crippen LogP contribution in [0.1, 0.15) is 18.9 Å². The molecular weight excluding hydrogens is 280 g/mol. The Labute approximate surface area is 127 Å². The van der Waals surface area contributed by atoms with Crippen LogP contribution in [0.4, 0.5) is 5.82 Å². The van der Waals surface area contributed by atoms with Gasteiger partial charge in [0, 0.05) is 12.3 Å². The molecule has 6 nitrogen and oxygen atoms in total. The Hall–Kier alpha value is -2.73. The van der Waals surface area contributed by atoms with E-state index in [4.69, 9.17) is 0 Å². The van der Waals surface area contributed by atoms with Gasteiger partial charge in [-0.1, -0.05) is 30.3 Å². The summed E-state index contributed by atoms with van der Waals surface area (Å²) in [6.45, 7) is 1.62. The predicted octanol–water partition coefficient (Wildman–Crippen LogP) is 1.97. The summed E-state index contributed by atoms with van der Waals surface area (Å²) in [6.07, 6.45) is 3.15. The fourth-order valence-corrected chi connectivity index (χ4v) is 2.33. The monoisotopic (exact) mass is 296 g/mol. The summed E-state index contributed by atoms with van der Waals surface area (Å²) in [5, 5.41) is 17.4. The number of amides is 1. The number of benzene rings is 1. The molecule has 0 radical (unpaired) electrons. The van der Waals surface area contributed by atoms with E-state index in [2.05, 4.69) is 15.4 Å². The zero-order chi connectivity index (χ0) is 15.6. The molecule has 22 heavy (non-hydrogen) atoms. The largest absolute Gasteiger partial charge is 0.385 e. The summed E-state index contributed by atoms with van der Waals surface area (Å²) in [5.74, 6) is 0.223. The van der Waals surface area contributed by atoms with E-state index in [9.17, 15) is 9.90 Å². The molecule has 1 unspecified atom stereocenters. The average Bonchev–Trinajstić information content (AvgIpc) is 2.97. The van der Waals surface area contributed by atoms with Gasteiger partial charge in [0.2, 0.25) is 5.91 Å². The molecule has 6 heteroatoms. The van der Waals surface area contributed by atoms with Crippen LogP contribution in [0.25, 0.3) is 5.65 Å². The number of rotatable bonds is 4. The molecule has 0 saturated heterocycles. The van der Waals surface area contributed by atoms with Crippen molar-refractivity contribution in [2.24, 2.45) is 0 Å². The van der Waals surface area contributed by atoms with E-state index in [0.29, 0.717) is 17.0 Å². The van der Waals surface area contributed by atoms with Crippen LogP contribution in [-0.4, -0.2) is 25.6 Å². The number of carbonyl (C=O) groups is 1. The van der Waals surface area contributed by atoms with E-state index >= 15 is 0 Å². The van der Waals surface area contributed by atoms with Gasteiger partial charge in [0.25, 0.3) is 0 Å². The van der Waals surface area contributed by atoms with E-state index in [1.807, 2.05) is 18.2 Å². The van der Waals surface area contributed by atoms with Crippen LogP contribution in [0.15, 0.2) is 54.9 Å². The Morgan fingerprint density at radius 2 is 2.00 bits per heavy atom. The van der Waals surface area contributed by atoms with Crippen LogP contribution in [-0.2, 0) is 10.4 Å². The lowest BCUT2D eigenvalue weighted by Gasteiger charge is -2.23. The average molecular weight is 296 g/mol. The first-order valence-electron chi connectivity index (χ1n) is 6.93. The van der Waals surface area contributed by atoms with E-state index < -0.39 is 5.60 Å². The van der Waals surface area contributed by atoms with Gasteiger partial charge in [0.15, 0.2) is 5.65 Å². The number of hydrogen-bond donors (Lipinski definition) is 2. The lowest BCUT2D eigenvalue weighted by atomic mass is 9.92. The summed E-state index contributed by atoms with van der Waals surface area (Å²) in [6, 6.07) is 12.5. The third kappa shape index (κ3) is 2.82. The van der Waals surface area contributed by atoms with Crippen LogP contribution >= 0.6 is 0 Å². The fraction of sp³-hybridized carbons (Fsp3) is 0.188. The van der Waals surface area contributed by atoms with Crippen LogP contribution in [0.2, 0.25) is 0 Å². The van der Waals surface area contributed by atoms with Crippen molar-refractivity contribution in [2.45, 2.75) is 18.9 Å². The molecule has 0 aliphatic rings. The Morgan fingerprint density at radius 1 is 1.23 bits per heavy atom. The molecule has 3 rings (SSSR count). The van der Waals surface area contributed by atoms with Gasteiger partial charge in [-0.15, -0.1) is 0 Å². The van der Waals surface area contributed by atoms with Gasteiger partial charge in [0.05, 0.1) is 18.2 Å². The smallest absolute Gasteiger partial charge is 0.228 e. The number of nitrogens with zero attached hydrogens (tertiary/aromatic N) is 3. The Balaban J connectivity index is 1.77. The second-order valence-corrected chi connectivity index (χ2v) is 5.30. The standard InChI is InChI=1S/C16H16N4O2/c1-16(22,12-5-3-2-4-6-12)11-15(21)19-14-7-9-17-13-8-10-18-20(13)14/h2-10,22H,11H2,1H3,(H,19,21). The number of aromatic nitrogens is 3. The number of hydrogen-bond acceptors (Lipinski definition) is 4. The fourth-order valence-electron chi connectivity index (χ4n) is 2.33.